The molecule has 0 atom stereocenters. The van der Waals surface area contributed by atoms with Crippen LogP contribution >= 0.6 is 0 Å². The van der Waals surface area contributed by atoms with E-state index in [4.69, 9.17) is 4.74 Å². The van der Waals surface area contributed by atoms with E-state index in [1.165, 1.54) is 13.2 Å². The van der Waals surface area contributed by atoms with Crippen LogP contribution in [0.1, 0.15) is 21.5 Å². The predicted molar refractivity (Wildman–Crippen MR) is 139 cm³/mol. The van der Waals surface area contributed by atoms with Crippen molar-refractivity contribution in [3.63, 3.8) is 0 Å². The zero-order chi connectivity index (χ0) is 25.2. The molecule has 178 valence electrons. The molecule has 0 saturated carbocycles. The normalized spacial score (nSPS) is 10.9. The SMILES string of the molecule is COc1cc(-c2cccc(-c3cccc(Nc4cncc5nccnc45)c3C)c2C)cc(F)c1C=O. The Morgan fingerprint density at radius 3 is 2.39 bits per heavy atom. The monoisotopic (exact) mass is 478 g/mol. The van der Waals surface area contributed by atoms with E-state index >= 15 is 0 Å². The molecule has 5 aromatic rings. The van der Waals surface area contributed by atoms with Gasteiger partial charge in [-0.25, -0.2) is 4.39 Å². The van der Waals surface area contributed by atoms with Crippen LogP contribution in [-0.2, 0) is 0 Å². The Hall–Kier alpha value is -4.65. The second-order valence-electron chi connectivity index (χ2n) is 8.38. The molecule has 2 aromatic heterocycles. The van der Waals surface area contributed by atoms with E-state index in [2.05, 4.69) is 33.3 Å². The third-order valence-electron chi connectivity index (χ3n) is 6.35. The highest BCUT2D eigenvalue weighted by atomic mass is 19.1. The summed E-state index contributed by atoms with van der Waals surface area (Å²) >= 11 is 0. The summed E-state index contributed by atoms with van der Waals surface area (Å²) in [5, 5.41) is 3.46. The predicted octanol–water partition coefficient (Wildman–Crippen LogP) is 6.68. The number of aromatic nitrogens is 3. The minimum atomic E-state index is -0.613. The summed E-state index contributed by atoms with van der Waals surface area (Å²) in [6.07, 6.45) is 7.19. The zero-order valence-corrected chi connectivity index (χ0v) is 20.0. The molecule has 6 nitrogen and oxygen atoms in total. The first kappa shape index (κ1) is 23.1. The fourth-order valence-electron chi connectivity index (χ4n) is 4.47. The quantitative estimate of drug-likeness (QED) is 0.274. The number of aldehydes is 1. The fourth-order valence-corrected chi connectivity index (χ4v) is 4.47. The van der Waals surface area contributed by atoms with E-state index in [-0.39, 0.29) is 11.3 Å². The number of anilines is 2. The van der Waals surface area contributed by atoms with Crippen LogP contribution in [0.3, 0.4) is 0 Å². The van der Waals surface area contributed by atoms with Crippen LogP contribution in [0.5, 0.6) is 5.75 Å². The number of benzene rings is 3. The van der Waals surface area contributed by atoms with Crippen LogP contribution < -0.4 is 10.1 Å². The van der Waals surface area contributed by atoms with E-state index < -0.39 is 5.82 Å². The fraction of sp³-hybridized carbons (Fsp3) is 0.103. The number of carbonyl (C=O) groups excluding carboxylic acids is 1. The maximum absolute atomic E-state index is 14.6. The summed E-state index contributed by atoms with van der Waals surface area (Å²) in [4.78, 5) is 24.4. The van der Waals surface area contributed by atoms with Crippen molar-refractivity contribution >= 4 is 28.7 Å². The molecule has 7 heteroatoms. The standard InChI is InChI=1S/C29H23FN4O2/c1-17-20(19-12-24(30)23(16-35)28(13-19)36-3)6-4-7-21(17)22-8-5-9-25(18(22)2)34-27-15-31-14-26-29(27)33-11-10-32-26/h4-16,34H,1-3H3. The molecular weight excluding hydrogens is 455 g/mol. The van der Waals surface area contributed by atoms with Gasteiger partial charge in [0.05, 0.1) is 30.8 Å². The summed E-state index contributed by atoms with van der Waals surface area (Å²) in [6, 6.07) is 15.0. The van der Waals surface area contributed by atoms with Crippen molar-refractivity contribution in [3.8, 4) is 28.0 Å². The van der Waals surface area contributed by atoms with Gasteiger partial charge in [0.25, 0.3) is 0 Å². The Labute approximate surface area is 207 Å². The number of halogens is 1. The molecule has 0 bridgehead atoms. The highest BCUT2D eigenvalue weighted by molar-refractivity contribution is 5.90. The van der Waals surface area contributed by atoms with E-state index in [1.54, 1.807) is 30.9 Å². The molecule has 1 N–H and O–H groups in total. The number of carbonyl (C=O) groups is 1. The van der Waals surface area contributed by atoms with Gasteiger partial charge in [-0.1, -0.05) is 30.3 Å². The lowest BCUT2D eigenvalue weighted by Crippen LogP contribution is -1.99. The van der Waals surface area contributed by atoms with Gasteiger partial charge in [-0.3, -0.25) is 19.7 Å². The van der Waals surface area contributed by atoms with E-state index in [1.807, 2.05) is 37.3 Å². The molecule has 5 rings (SSSR count). The molecule has 0 aliphatic rings. The number of ether oxygens (including phenoxy) is 1. The molecule has 0 aliphatic carbocycles. The average molecular weight is 479 g/mol. The third kappa shape index (κ3) is 4.05. The van der Waals surface area contributed by atoms with Gasteiger partial charge >= 0.3 is 0 Å². The molecule has 3 aromatic carbocycles. The number of nitrogens with zero attached hydrogens (tertiary/aromatic N) is 3. The van der Waals surface area contributed by atoms with Gasteiger partial charge < -0.3 is 10.1 Å². The van der Waals surface area contributed by atoms with E-state index in [0.717, 1.165) is 44.7 Å². The van der Waals surface area contributed by atoms with Crippen LogP contribution in [-0.4, -0.2) is 28.3 Å². The molecule has 0 saturated heterocycles. The minimum Gasteiger partial charge on any atom is -0.496 e. The van der Waals surface area contributed by atoms with E-state index in [0.29, 0.717) is 17.4 Å². The smallest absolute Gasteiger partial charge is 0.156 e. The molecule has 2 heterocycles. The highest BCUT2D eigenvalue weighted by Gasteiger charge is 2.16. The lowest BCUT2D eigenvalue weighted by Gasteiger charge is -2.18. The van der Waals surface area contributed by atoms with Crippen LogP contribution in [0, 0.1) is 19.7 Å². The van der Waals surface area contributed by atoms with Gasteiger partial charge in [0.15, 0.2) is 6.29 Å². The summed E-state index contributed by atoms with van der Waals surface area (Å²) < 4.78 is 19.9. The van der Waals surface area contributed by atoms with Crippen molar-refractivity contribution in [1.29, 1.82) is 0 Å². The molecule has 0 aliphatic heterocycles. The van der Waals surface area contributed by atoms with Gasteiger partial charge in [0.1, 0.15) is 22.6 Å². The Balaban J connectivity index is 1.58. The van der Waals surface area contributed by atoms with Crippen molar-refractivity contribution in [2.75, 3.05) is 12.4 Å². The first-order chi connectivity index (χ1) is 17.5. The number of pyridine rings is 1. The Morgan fingerprint density at radius 2 is 1.61 bits per heavy atom. The molecule has 0 amide bonds. The van der Waals surface area contributed by atoms with Crippen LogP contribution in [0.25, 0.3) is 33.3 Å². The molecular formula is C29H23FN4O2. The highest BCUT2D eigenvalue weighted by Crippen LogP contribution is 2.38. The van der Waals surface area contributed by atoms with Crippen molar-refractivity contribution in [2.45, 2.75) is 13.8 Å². The van der Waals surface area contributed by atoms with Gasteiger partial charge in [-0.05, 0) is 65.4 Å². The molecule has 0 spiro atoms. The van der Waals surface area contributed by atoms with Crippen molar-refractivity contribution < 1.29 is 13.9 Å². The number of hydrogen-bond acceptors (Lipinski definition) is 6. The first-order valence-corrected chi connectivity index (χ1v) is 11.4. The maximum Gasteiger partial charge on any atom is 0.156 e. The van der Waals surface area contributed by atoms with Crippen LogP contribution in [0.15, 0.2) is 73.3 Å². The summed E-state index contributed by atoms with van der Waals surface area (Å²) in [5.41, 5.74) is 8.62. The van der Waals surface area contributed by atoms with Gasteiger partial charge in [-0.15, -0.1) is 0 Å². The number of fused-ring (bicyclic) bond motifs is 1. The van der Waals surface area contributed by atoms with Crippen LogP contribution in [0.4, 0.5) is 15.8 Å². The lowest BCUT2D eigenvalue weighted by atomic mass is 9.90. The molecule has 0 unspecified atom stereocenters. The Bertz CT molecular complexity index is 1610. The van der Waals surface area contributed by atoms with Gasteiger partial charge in [-0.2, -0.15) is 0 Å². The summed E-state index contributed by atoms with van der Waals surface area (Å²) in [7, 11) is 1.42. The second-order valence-corrected chi connectivity index (χ2v) is 8.38. The topological polar surface area (TPSA) is 77.0 Å². The molecule has 36 heavy (non-hydrogen) atoms. The molecule has 0 radical (unpaired) electrons. The molecule has 0 fully saturated rings. The summed E-state index contributed by atoms with van der Waals surface area (Å²) in [6.45, 7) is 4.06. The van der Waals surface area contributed by atoms with Crippen LogP contribution in [0.2, 0.25) is 0 Å². The lowest BCUT2D eigenvalue weighted by molar-refractivity contribution is 0.111. The average Bonchev–Trinajstić information content (AvgIpc) is 2.90. The number of rotatable bonds is 6. The van der Waals surface area contributed by atoms with Crippen molar-refractivity contribution in [2.24, 2.45) is 0 Å². The number of nitrogens with one attached hydrogen (secondary N) is 1. The van der Waals surface area contributed by atoms with E-state index in [9.17, 15) is 9.18 Å². The first-order valence-electron chi connectivity index (χ1n) is 11.4. The Kier molecular flexibility index (Phi) is 6.12. The zero-order valence-electron chi connectivity index (χ0n) is 20.0. The Morgan fingerprint density at radius 1 is 0.889 bits per heavy atom. The van der Waals surface area contributed by atoms with Gasteiger partial charge in [0, 0.05) is 18.1 Å². The number of hydrogen-bond donors (Lipinski definition) is 1. The maximum atomic E-state index is 14.6. The summed E-state index contributed by atoms with van der Waals surface area (Å²) in [5.74, 6) is -0.405. The van der Waals surface area contributed by atoms with Crippen molar-refractivity contribution in [1.82, 2.24) is 15.0 Å². The van der Waals surface area contributed by atoms with Crippen molar-refractivity contribution in [3.05, 3.63) is 95.8 Å². The largest absolute Gasteiger partial charge is 0.496 e. The third-order valence-corrected chi connectivity index (χ3v) is 6.35. The second kappa shape index (κ2) is 9.54. The minimum absolute atomic E-state index is 0.0858. The number of methoxy groups -OCH3 is 1. The van der Waals surface area contributed by atoms with Gasteiger partial charge in [0.2, 0.25) is 0 Å².